The molecule has 1 aromatic rings. The van der Waals surface area contributed by atoms with Gasteiger partial charge in [-0.3, -0.25) is 9.59 Å². The molecule has 5 atom stereocenters. The van der Waals surface area contributed by atoms with Gasteiger partial charge in [0.05, 0.1) is 22.6 Å². The molecule has 2 N–H and O–H groups in total. The first kappa shape index (κ1) is 14.7. The molecule has 5 rings (SSSR count). The summed E-state index contributed by atoms with van der Waals surface area (Å²) in [6.45, 7) is 2.10. The van der Waals surface area contributed by atoms with E-state index in [-0.39, 0.29) is 40.1 Å². The van der Waals surface area contributed by atoms with Crippen molar-refractivity contribution in [1.82, 2.24) is 0 Å². The van der Waals surface area contributed by atoms with Gasteiger partial charge < -0.3 is 14.9 Å². The predicted molar refractivity (Wildman–Crippen MR) is 81.7 cm³/mol. The molecule has 0 aliphatic heterocycles. The van der Waals surface area contributed by atoms with E-state index in [0.717, 1.165) is 19.3 Å². The number of carbonyl (C=O) groups excluding carboxylic acids is 2. The van der Waals surface area contributed by atoms with Crippen molar-refractivity contribution in [1.29, 1.82) is 0 Å². The lowest BCUT2D eigenvalue weighted by molar-refractivity contribution is -0.153. The molecule has 5 heteroatoms. The highest BCUT2D eigenvalue weighted by molar-refractivity contribution is 6.19. The zero-order valence-corrected chi connectivity index (χ0v) is 13.2. The highest BCUT2D eigenvalue weighted by Crippen LogP contribution is 2.59. The summed E-state index contributed by atoms with van der Waals surface area (Å²) in [6, 6.07) is 2.54. The second kappa shape index (κ2) is 4.57. The number of phenolic OH excluding ortho intramolecular Hbond substituents is 2. The van der Waals surface area contributed by atoms with Gasteiger partial charge in [0, 0.05) is 13.0 Å². The topological polar surface area (TPSA) is 83.8 Å². The number of hydrogen-bond donors (Lipinski definition) is 2. The summed E-state index contributed by atoms with van der Waals surface area (Å²) in [5, 5.41) is 20.2. The lowest BCUT2D eigenvalue weighted by Gasteiger charge is -2.58. The Morgan fingerprint density at radius 2 is 1.74 bits per heavy atom. The number of carbonyl (C=O) groups is 2. The molecule has 2 bridgehead atoms. The van der Waals surface area contributed by atoms with Gasteiger partial charge in [-0.2, -0.15) is 0 Å². The van der Waals surface area contributed by atoms with Crippen LogP contribution in [0.3, 0.4) is 0 Å². The average molecular weight is 316 g/mol. The Morgan fingerprint density at radius 3 is 2.30 bits per heavy atom. The van der Waals surface area contributed by atoms with Gasteiger partial charge in [-0.15, -0.1) is 0 Å². The van der Waals surface area contributed by atoms with Crippen molar-refractivity contribution < 1.29 is 24.5 Å². The quantitative estimate of drug-likeness (QED) is 0.778. The van der Waals surface area contributed by atoms with Crippen LogP contribution in [-0.4, -0.2) is 34.5 Å². The maximum Gasteiger partial charge on any atom is 0.174 e. The van der Waals surface area contributed by atoms with E-state index in [2.05, 4.69) is 6.92 Å². The molecule has 0 amide bonds. The molecular weight excluding hydrogens is 296 g/mol. The smallest absolute Gasteiger partial charge is 0.174 e. The van der Waals surface area contributed by atoms with E-state index >= 15 is 0 Å². The average Bonchev–Trinajstić information content (AvgIpc) is 2.54. The van der Waals surface area contributed by atoms with Crippen LogP contribution in [0.2, 0.25) is 0 Å². The van der Waals surface area contributed by atoms with Gasteiger partial charge in [0.15, 0.2) is 11.6 Å². The van der Waals surface area contributed by atoms with Crippen LogP contribution >= 0.6 is 0 Å². The summed E-state index contributed by atoms with van der Waals surface area (Å²) in [6.07, 6.45) is 2.36. The van der Waals surface area contributed by atoms with Gasteiger partial charge in [0.25, 0.3) is 0 Å². The van der Waals surface area contributed by atoms with Crippen LogP contribution in [0.1, 0.15) is 46.9 Å². The fourth-order valence-electron chi connectivity index (χ4n) is 5.35. The Balaban J connectivity index is 1.97. The van der Waals surface area contributed by atoms with Crippen molar-refractivity contribution in [2.24, 2.45) is 23.7 Å². The Hall–Kier alpha value is -1.88. The summed E-state index contributed by atoms with van der Waals surface area (Å²) in [5.41, 5.74) is -0.684. The second-order valence-electron chi connectivity index (χ2n) is 7.24. The van der Waals surface area contributed by atoms with Gasteiger partial charge in [0.1, 0.15) is 11.5 Å². The fourth-order valence-corrected chi connectivity index (χ4v) is 5.35. The molecule has 5 nitrogen and oxygen atoms in total. The minimum Gasteiger partial charge on any atom is -0.507 e. The van der Waals surface area contributed by atoms with Crippen molar-refractivity contribution >= 4 is 11.6 Å². The van der Waals surface area contributed by atoms with Crippen molar-refractivity contribution in [3.63, 3.8) is 0 Å². The Kier molecular flexibility index (Phi) is 2.92. The van der Waals surface area contributed by atoms with Gasteiger partial charge in [-0.1, -0.05) is 6.92 Å². The third kappa shape index (κ3) is 1.66. The van der Waals surface area contributed by atoms with E-state index in [9.17, 15) is 19.8 Å². The first-order chi connectivity index (χ1) is 10.9. The van der Waals surface area contributed by atoms with Crippen molar-refractivity contribution in [2.45, 2.75) is 31.8 Å². The third-order valence-electron chi connectivity index (χ3n) is 6.33. The monoisotopic (exact) mass is 316 g/mol. The van der Waals surface area contributed by atoms with Crippen LogP contribution < -0.4 is 0 Å². The Bertz CT molecular complexity index is 724. The van der Waals surface area contributed by atoms with Crippen LogP contribution in [0, 0.1) is 23.7 Å². The molecule has 4 aliphatic rings. The summed E-state index contributed by atoms with van der Waals surface area (Å²) >= 11 is 0. The summed E-state index contributed by atoms with van der Waals surface area (Å²) in [7, 11) is 1.60. The number of methoxy groups -OCH3 is 1. The Labute approximate surface area is 134 Å². The molecule has 122 valence electrons. The lowest BCUT2D eigenvalue weighted by Crippen LogP contribution is -2.63. The van der Waals surface area contributed by atoms with Crippen LogP contribution in [-0.2, 0) is 4.74 Å². The minimum atomic E-state index is -0.638. The number of ketones is 2. The molecule has 0 saturated heterocycles. The molecule has 3 saturated carbocycles. The van der Waals surface area contributed by atoms with Crippen LogP contribution in [0.4, 0.5) is 0 Å². The van der Waals surface area contributed by atoms with Crippen LogP contribution in [0.25, 0.3) is 0 Å². The van der Waals surface area contributed by atoms with E-state index in [0.29, 0.717) is 5.92 Å². The van der Waals surface area contributed by atoms with Crippen molar-refractivity contribution in [2.75, 3.05) is 7.11 Å². The van der Waals surface area contributed by atoms with E-state index < -0.39 is 17.4 Å². The molecule has 0 aromatic heterocycles. The van der Waals surface area contributed by atoms with E-state index in [4.69, 9.17) is 4.74 Å². The maximum atomic E-state index is 13.1. The molecule has 0 spiro atoms. The number of ether oxygens (including phenoxy) is 1. The van der Waals surface area contributed by atoms with E-state index in [1.807, 2.05) is 0 Å². The minimum absolute atomic E-state index is 0.0118. The predicted octanol–water partition coefficient (Wildman–Crippen LogP) is 2.54. The van der Waals surface area contributed by atoms with Gasteiger partial charge in [-0.25, -0.2) is 0 Å². The zero-order valence-electron chi connectivity index (χ0n) is 13.2. The number of rotatable bonds is 1. The van der Waals surface area contributed by atoms with Gasteiger partial charge in [0.2, 0.25) is 0 Å². The normalized spacial score (nSPS) is 38.3. The maximum absolute atomic E-state index is 13.1. The van der Waals surface area contributed by atoms with Crippen molar-refractivity contribution in [3.8, 4) is 11.5 Å². The lowest BCUT2D eigenvalue weighted by atomic mass is 9.48. The standard InChI is InChI=1S/C18H20O5/c1-8-7-18(23-2)6-5-9(8)12-15(18)17(22)14-11(20)4-3-10(19)13(14)16(12)21/h3-4,8-9,12,15,19-20H,5-7H2,1-2H3. The third-order valence-corrected chi connectivity index (χ3v) is 6.33. The number of aromatic hydroxyl groups is 2. The number of hydrogen-bond acceptors (Lipinski definition) is 5. The number of benzene rings is 1. The number of fused-ring (bicyclic) bond motifs is 3. The summed E-state index contributed by atoms with van der Waals surface area (Å²) in [4.78, 5) is 26.2. The molecule has 3 fully saturated rings. The number of phenols is 2. The van der Waals surface area contributed by atoms with Gasteiger partial charge >= 0.3 is 0 Å². The molecule has 0 radical (unpaired) electrons. The Morgan fingerprint density at radius 1 is 1.13 bits per heavy atom. The summed E-state index contributed by atoms with van der Waals surface area (Å²) < 4.78 is 5.79. The first-order valence-corrected chi connectivity index (χ1v) is 8.10. The van der Waals surface area contributed by atoms with Crippen LogP contribution in [0.15, 0.2) is 12.1 Å². The molecule has 5 unspecified atom stereocenters. The highest BCUT2D eigenvalue weighted by Gasteiger charge is 2.63. The largest absolute Gasteiger partial charge is 0.507 e. The van der Waals surface area contributed by atoms with E-state index in [1.165, 1.54) is 12.1 Å². The molecule has 0 heterocycles. The molecule has 4 aliphatic carbocycles. The molecule has 1 aromatic carbocycles. The summed E-state index contributed by atoms with van der Waals surface area (Å²) in [5.74, 6) is -1.56. The zero-order chi connectivity index (χ0) is 16.5. The van der Waals surface area contributed by atoms with Crippen molar-refractivity contribution in [3.05, 3.63) is 23.3 Å². The second-order valence-corrected chi connectivity index (χ2v) is 7.24. The first-order valence-electron chi connectivity index (χ1n) is 8.10. The van der Waals surface area contributed by atoms with Gasteiger partial charge in [-0.05, 0) is 43.2 Å². The molecule has 23 heavy (non-hydrogen) atoms. The van der Waals surface area contributed by atoms with Crippen LogP contribution in [0.5, 0.6) is 11.5 Å². The fraction of sp³-hybridized carbons (Fsp3) is 0.556. The van der Waals surface area contributed by atoms with E-state index in [1.54, 1.807) is 7.11 Å². The molecular formula is C18H20O5. The SMILES string of the molecule is COC12CCC(C(C)C1)C1C(=O)c3c(O)ccc(O)c3C(=O)C12. The highest BCUT2D eigenvalue weighted by atomic mass is 16.5. The number of Topliss-reactive ketones (excluding diaryl/α,β-unsaturated/α-hetero) is 2.